The number of hydrogen-bond donors (Lipinski definition) is 1. The third kappa shape index (κ3) is 4.33. The SMILES string of the molecule is COc1cn(-c2ccccc2)nc1C(=O)OCC(=O)Nc1ccccc1C. The average Bonchev–Trinajstić information content (AvgIpc) is 3.13. The molecular weight excluding hydrogens is 346 g/mol. The van der Waals surface area contributed by atoms with E-state index in [1.807, 2.05) is 55.5 Å². The van der Waals surface area contributed by atoms with Crippen LogP contribution in [0.15, 0.2) is 60.8 Å². The maximum atomic E-state index is 12.3. The van der Waals surface area contributed by atoms with Crippen molar-refractivity contribution in [2.45, 2.75) is 6.92 Å². The highest BCUT2D eigenvalue weighted by Crippen LogP contribution is 2.20. The molecule has 0 bridgehead atoms. The molecule has 0 atom stereocenters. The molecule has 1 amide bonds. The molecule has 0 aliphatic carbocycles. The van der Waals surface area contributed by atoms with Gasteiger partial charge in [0.05, 0.1) is 19.0 Å². The number of nitrogens with one attached hydrogen (secondary N) is 1. The zero-order valence-electron chi connectivity index (χ0n) is 15.0. The van der Waals surface area contributed by atoms with Crippen molar-refractivity contribution in [3.63, 3.8) is 0 Å². The molecule has 0 fully saturated rings. The summed E-state index contributed by atoms with van der Waals surface area (Å²) < 4.78 is 11.8. The number of nitrogens with zero attached hydrogens (tertiary/aromatic N) is 2. The molecule has 0 spiro atoms. The number of methoxy groups -OCH3 is 1. The molecule has 0 unspecified atom stereocenters. The van der Waals surface area contributed by atoms with Crippen LogP contribution in [-0.2, 0) is 9.53 Å². The Bertz CT molecular complexity index is 951. The van der Waals surface area contributed by atoms with Crippen molar-refractivity contribution in [2.75, 3.05) is 19.0 Å². The van der Waals surface area contributed by atoms with Crippen molar-refractivity contribution in [1.29, 1.82) is 0 Å². The second-order valence-electron chi connectivity index (χ2n) is 5.77. The van der Waals surface area contributed by atoms with Crippen LogP contribution in [-0.4, -0.2) is 35.4 Å². The van der Waals surface area contributed by atoms with E-state index in [2.05, 4.69) is 10.4 Å². The molecule has 0 radical (unpaired) electrons. The number of ether oxygens (including phenoxy) is 2. The van der Waals surface area contributed by atoms with Gasteiger partial charge in [0.2, 0.25) is 5.69 Å². The molecule has 3 aromatic rings. The first-order valence-electron chi connectivity index (χ1n) is 8.30. The first-order chi connectivity index (χ1) is 13.1. The molecule has 7 nitrogen and oxygen atoms in total. The Kier molecular flexibility index (Phi) is 5.51. The quantitative estimate of drug-likeness (QED) is 0.679. The summed E-state index contributed by atoms with van der Waals surface area (Å²) in [5.41, 5.74) is 2.36. The summed E-state index contributed by atoms with van der Waals surface area (Å²) in [4.78, 5) is 24.4. The molecule has 1 aromatic heterocycles. The molecule has 0 saturated carbocycles. The standard InChI is InChI=1S/C20H19N3O4/c1-14-8-6-7-11-16(14)21-18(24)13-27-20(25)19-17(26-2)12-23(22-19)15-9-4-3-5-10-15/h3-12H,13H2,1-2H3,(H,21,24). The Morgan fingerprint density at radius 1 is 1.07 bits per heavy atom. The summed E-state index contributed by atoms with van der Waals surface area (Å²) in [7, 11) is 1.44. The number of carbonyl (C=O) groups is 2. The summed E-state index contributed by atoms with van der Waals surface area (Å²) in [6, 6.07) is 16.6. The molecule has 1 heterocycles. The predicted molar refractivity (Wildman–Crippen MR) is 100 cm³/mol. The Balaban J connectivity index is 1.66. The third-order valence-electron chi connectivity index (χ3n) is 3.87. The van der Waals surface area contributed by atoms with Crippen molar-refractivity contribution in [2.24, 2.45) is 0 Å². The number of benzene rings is 2. The van der Waals surface area contributed by atoms with Gasteiger partial charge in [0.1, 0.15) is 0 Å². The van der Waals surface area contributed by atoms with Crippen LogP contribution < -0.4 is 10.1 Å². The van der Waals surface area contributed by atoms with Crippen LogP contribution in [0.5, 0.6) is 5.75 Å². The van der Waals surface area contributed by atoms with Crippen LogP contribution in [0.2, 0.25) is 0 Å². The van der Waals surface area contributed by atoms with E-state index in [0.717, 1.165) is 11.3 Å². The minimum absolute atomic E-state index is 0.00467. The van der Waals surface area contributed by atoms with E-state index in [-0.39, 0.29) is 11.4 Å². The van der Waals surface area contributed by atoms with Crippen LogP contribution in [0.25, 0.3) is 5.69 Å². The smallest absolute Gasteiger partial charge is 0.363 e. The summed E-state index contributed by atoms with van der Waals surface area (Å²) in [5, 5.41) is 6.92. The monoisotopic (exact) mass is 365 g/mol. The van der Waals surface area contributed by atoms with E-state index in [4.69, 9.17) is 9.47 Å². The fourth-order valence-corrected chi connectivity index (χ4v) is 2.46. The van der Waals surface area contributed by atoms with Gasteiger partial charge in [-0.2, -0.15) is 5.10 Å². The number of hydrogen-bond acceptors (Lipinski definition) is 5. The van der Waals surface area contributed by atoms with Crippen LogP contribution in [0, 0.1) is 6.92 Å². The van der Waals surface area contributed by atoms with E-state index >= 15 is 0 Å². The van der Waals surface area contributed by atoms with Crippen LogP contribution >= 0.6 is 0 Å². The second-order valence-corrected chi connectivity index (χ2v) is 5.77. The van der Waals surface area contributed by atoms with Crippen molar-refractivity contribution in [1.82, 2.24) is 9.78 Å². The van der Waals surface area contributed by atoms with Gasteiger partial charge in [-0.05, 0) is 30.7 Å². The third-order valence-corrected chi connectivity index (χ3v) is 3.87. The molecule has 1 N–H and O–H groups in total. The van der Waals surface area contributed by atoms with E-state index in [9.17, 15) is 9.59 Å². The van der Waals surface area contributed by atoms with E-state index < -0.39 is 18.5 Å². The van der Waals surface area contributed by atoms with Crippen molar-refractivity contribution >= 4 is 17.6 Å². The lowest BCUT2D eigenvalue weighted by Gasteiger charge is -2.08. The number of rotatable bonds is 6. The van der Waals surface area contributed by atoms with E-state index in [0.29, 0.717) is 5.69 Å². The number of carbonyl (C=O) groups excluding carboxylic acids is 2. The summed E-state index contributed by atoms with van der Waals surface area (Å²) in [6.45, 7) is 1.46. The summed E-state index contributed by atoms with van der Waals surface area (Å²) in [6.07, 6.45) is 1.58. The van der Waals surface area contributed by atoms with Gasteiger partial charge in [-0.1, -0.05) is 36.4 Å². The lowest BCUT2D eigenvalue weighted by Crippen LogP contribution is -2.21. The van der Waals surface area contributed by atoms with Crippen molar-refractivity contribution in [3.05, 3.63) is 72.1 Å². The Labute approximate surface area is 156 Å². The number of para-hydroxylation sites is 2. The lowest BCUT2D eigenvalue weighted by atomic mass is 10.2. The van der Waals surface area contributed by atoms with Gasteiger partial charge < -0.3 is 14.8 Å². The Hall–Kier alpha value is -3.61. The average molecular weight is 365 g/mol. The van der Waals surface area contributed by atoms with Gasteiger partial charge in [0.25, 0.3) is 5.91 Å². The minimum Gasteiger partial charge on any atom is -0.493 e. The predicted octanol–water partition coefficient (Wildman–Crippen LogP) is 2.98. The molecule has 27 heavy (non-hydrogen) atoms. The zero-order valence-corrected chi connectivity index (χ0v) is 15.0. The number of anilines is 1. The van der Waals surface area contributed by atoms with Gasteiger partial charge in [-0.25, -0.2) is 9.48 Å². The maximum absolute atomic E-state index is 12.3. The zero-order chi connectivity index (χ0) is 19.2. The summed E-state index contributed by atoms with van der Waals surface area (Å²) >= 11 is 0. The number of amides is 1. The molecule has 138 valence electrons. The minimum atomic E-state index is -0.735. The van der Waals surface area contributed by atoms with Crippen molar-refractivity contribution in [3.8, 4) is 11.4 Å². The number of aromatic nitrogens is 2. The molecule has 2 aromatic carbocycles. The Morgan fingerprint density at radius 2 is 1.78 bits per heavy atom. The highest BCUT2D eigenvalue weighted by molar-refractivity contribution is 5.96. The highest BCUT2D eigenvalue weighted by Gasteiger charge is 2.21. The van der Waals surface area contributed by atoms with Gasteiger partial charge >= 0.3 is 5.97 Å². The Morgan fingerprint density at radius 3 is 2.48 bits per heavy atom. The van der Waals surface area contributed by atoms with Gasteiger partial charge in [-0.15, -0.1) is 0 Å². The molecule has 0 aliphatic rings. The fourth-order valence-electron chi connectivity index (χ4n) is 2.46. The largest absolute Gasteiger partial charge is 0.493 e. The normalized spacial score (nSPS) is 10.3. The maximum Gasteiger partial charge on any atom is 0.363 e. The second kappa shape index (κ2) is 8.18. The van der Waals surface area contributed by atoms with Gasteiger partial charge in [0, 0.05) is 5.69 Å². The number of esters is 1. The number of aryl methyl sites for hydroxylation is 1. The molecule has 7 heteroatoms. The first kappa shape index (κ1) is 18.2. The van der Waals surface area contributed by atoms with Gasteiger partial charge in [-0.3, -0.25) is 4.79 Å². The van der Waals surface area contributed by atoms with E-state index in [1.165, 1.54) is 11.8 Å². The molecule has 0 aliphatic heterocycles. The molecule has 0 saturated heterocycles. The van der Waals surface area contributed by atoms with Crippen molar-refractivity contribution < 1.29 is 19.1 Å². The first-order valence-corrected chi connectivity index (χ1v) is 8.30. The van der Waals surface area contributed by atoms with Crippen LogP contribution in [0.4, 0.5) is 5.69 Å². The van der Waals surface area contributed by atoms with Gasteiger partial charge in [0.15, 0.2) is 12.4 Å². The topological polar surface area (TPSA) is 82.5 Å². The van der Waals surface area contributed by atoms with Crippen LogP contribution in [0.1, 0.15) is 16.1 Å². The van der Waals surface area contributed by atoms with E-state index in [1.54, 1.807) is 12.3 Å². The fraction of sp³-hybridized carbons (Fsp3) is 0.150. The van der Waals surface area contributed by atoms with Crippen LogP contribution in [0.3, 0.4) is 0 Å². The summed E-state index contributed by atoms with van der Waals surface area (Å²) in [5.74, 6) is -0.899. The lowest BCUT2D eigenvalue weighted by molar-refractivity contribution is -0.119. The highest BCUT2D eigenvalue weighted by atomic mass is 16.5. The molecular formula is C20H19N3O4. The molecule has 3 rings (SSSR count).